The highest BCUT2D eigenvalue weighted by atomic mass is 19.4. The van der Waals surface area contributed by atoms with E-state index in [1.54, 1.807) is 0 Å². The van der Waals surface area contributed by atoms with E-state index in [1.807, 2.05) is 0 Å². The molecule has 0 bridgehead atoms. The lowest BCUT2D eigenvalue weighted by Gasteiger charge is -2.36. The van der Waals surface area contributed by atoms with Crippen molar-refractivity contribution in [2.24, 2.45) is 5.92 Å². The summed E-state index contributed by atoms with van der Waals surface area (Å²) in [6.07, 6.45) is -0.468. The van der Waals surface area contributed by atoms with Crippen molar-refractivity contribution in [2.45, 2.75) is 50.3 Å². The number of carbonyl (C=O) groups is 2. The first kappa shape index (κ1) is 16.8. The number of benzene rings is 1. The van der Waals surface area contributed by atoms with Crippen molar-refractivity contribution in [2.75, 3.05) is 5.32 Å². The zero-order valence-electron chi connectivity index (χ0n) is 13.0. The van der Waals surface area contributed by atoms with Crippen LogP contribution in [0.2, 0.25) is 0 Å². The molecule has 2 fully saturated rings. The molecule has 4 nitrogen and oxygen atoms in total. The van der Waals surface area contributed by atoms with E-state index in [4.69, 9.17) is 4.74 Å². The largest absolute Gasteiger partial charge is 0.458 e. The molecule has 1 saturated carbocycles. The van der Waals surface area contributed by atoms with Crippen LogP contribution in [0.25, 0.3) is 0 Å². The van der Waals surface area contributed by atoms with E-state index < -0.39 is 35.1 Å². The number of amides is 1. The molecule has 1 aromatic rings. The molecular formula is C17H18F3NO3. The molecule has 3 rings (SSSR count). The molecule has 1 atom stereocenters. The number of anilines is 1. The molecule has 1 aliphatic carbocycles. The molecule has 1 heterocycles. The first-order valence-electron chi connectivity index (χ1n) is 8.00. The average Bonchev–Trinajstić information content (AvgIpc) is 2.83. The summed E-state index contributed by atoms with van der Waals surface area (Å²) < 4.78 is 43.8. The second-order valence-electron chi connectivity index (χ2n) is 6.42. The molecule has 7 heteroatoms. The van der Waals surface area contributed by atoms with Crippen molar-refractivity contribution in [3.8, 4) is 0 Å². The quantitative estimate of drug-likeness (QED) is 0.830. The minimum Gasteiger partial charge on any atom is -0.458 e. The molecule has 1 amide bonds. The standard InChI is InChI=1S/C17H18F3NO3/c18-17(19,20)11-5-4-6-12(9-11)21-15(23)13-10-14(22)24-16(13)7-2-1-3-8-16/h4-6,9,13H,1-3,7-8,10H2,(H,21,23). The van der Waals surface area contributed by atoms with E-state index in [-0.39, 0.29) is 12.1 Å². The van der Waals surface area contributed by atoms with E-state index in [1.165, 1.54) is 12.1 Å². The van der Waals surface area contributed by atoms with Gasteiger partial charge in [0.25, 0.3) is 0 Å². The fourth-order valence-electron chi connectivity index (χ4n) is 3.63. The van der Waals surface area contributed by atoms with E-state index >= 15 is 0 Å². The van der Waals surface area contributed by atoms with Crippen molar-refractivity contribution in [1.82, 2.24) is 0 Å². The monoisotopic (exact) mass is 341 g/mol. The lowest BCUT2D eigenvalue weighted by molar-refractivity contribution is -0.153. The van der Waals surface area contributed by atoms with Gasteiger partial charge in [0.2, 0.25) is 5.91 Å². The Balaban J connectivity index is 1.78. The molecule has 0 aromatic heterocycles. The third-order valence-electron chi connectivity index (χ3n) is 4.80. The molecule has 24 heavy (non-hydrogen) atoms. The fourth-order valence-corrected chi connectivity index (χ4v) is 3.63. The molecule has 1 spiro atoms. The van der Waals surface area contributed by atoms with Crippen LogP contribution >= 0.6 is 0 Å². The van der Waals surface area contributed by atoms with Crippen molar-refractivity contribution < 1.29 is 27.5 Å². The second kappa shape index (κ2) is 6.11. The number of esters is 1. The van der Waals surface area contributed by atoms with Crippen LogP contribution in [0.15, 0.2) is 24.3 Å². The zero-order chi connectivity index (χ0) is 17.4. The average molecular weight is 341 g/mol. The van der Waals surface area contributed by atoms with Gasteiger partial charge in [-0.05, 0) is 43.9 Å². The van der Waals surface area contributed by atoms with Crippen LogP contribution in [0.3, 0.4) is 0 Å². The van der Waals surface area contributed by atoms with Gasteiger partial charge in [0.15, 0.2) is 0 Å². The predicted octanol–water partition coefficient (Wildman–Crippen LogP) is 3.91. The van der Waals surface area contributed by atoms with E-state index in [0.717, 1.165) is 31.4 Å². The number of hydrogen-bond acceptors (Lipinski definition) is 3. The zero-order valence-corrected chi connectivity index (χ0v) is 13.0. The normalized spacial score (nSPS) is 23.1. The van der Waals surface area contributed by atoms with Gasteiger partial charge in [0.05, 0.1) is 17.9 Å². The highest BCUT2D eigenvalue weighted by Crippen LogP contribution is 2.44. The number of ether oxygens (including phenoxy) is 1. The van der Waals surface area contributed by atoms with Crippen molar-refractivity contribution in [1.29, 1.82) is 0 Å². The molecule has 1 N–H and O–H groups in total. The first-order valence-corrected chi connectivity index (χ1v) is 8.00. The predicted molar refractivity (Wildman–Crippen MR) is 80.1 cm³/mol. The lowest BCUT2D eigenvalue weighted by atomic mass is 9.75. The van der Waals surface area contributed by atoms with E-state index in [2.05, 4.69) is 5.32 Å². The van der Waals surface area contributed by atoms with Crippen LogP contribution in [0.5, 0.6) is 0 Å². The van der Waals surface area contributed by atoms with E-state index in [9.17, 15) is 22.8 Å². The maximum Gasteiger partial charge on any atom is 0.416 e. The van der Waals surface area contributed by atoms with Gasteiger partial charge in [-0.1, -0.05) is 12.5 Å². The fraction of sp³-hybridized carbons (Fsp3) is 0.529. The van der Waals surface area contributed by atoms with Gasteiger partial charge in [-0.2, -0.15) is 13.2 Å². The maximum atomic E-state index is 12.8. The summed E-state index contributed by atoms with van der Waals surface area (Å²) in [5.41, 5.74) is -1.55. The van der Waals surface area contributed by atoms with Crippen LogP contribution < -0.4 is 5.32 Å². The summed E-state index contributed by atoms with van der Waals surface area (Å²) in [7, 11) is 0. The van der Waals surface area contributed by atoms with Crippen LogP contribution in [-0.4, -0.2) is 17.5 Å². The van der Waals surface area contributed by atoms with Gasteiger partial charge in [-0.3, -0.25) is 9.59 Å². The summed E-state index contributed by atoms with van der Waals surface area (Å²) in [5.74, 6) is -1.52. The first-order chi connectivity index (χ1) is 11.3. The summed E-state index contributed by atoms with van der Waals surface area (Å²) in [6, 6.07) is 4.48. The van der Waals surface area contributed by atoms with Crippen LogP contribution in [0, 0.1) is 5.92 Å². The molecular weight excluding hydrogens is 323 g/mol. The van der Waals surface area contributed by atoms with Gasteiger partial charge in [-0.25, -0.2) is 0 Å². The minimum absolute atomic E-state index is 0.0230. The van der Waals surface area contributed by atoms with Gasteiger partial charge >= 0.3 is 12.1 Å². The third-order valence-corrected chi connectivity index (χ3v) is 4.80. The van der Waals surface area contributed by atoms with Crippen molar-refractivity contribution in [3.63, 3.8) is 0 Å². The number of rotatable bonds is 2. The molecule has 2 aliphatic rings. The highest BCUT2D eigenvalue weighted by Gasteiger charge is 2.52. The Morgan fingerprint density at radius 3 is 2.58 bits per heavy atom. The van der Waals surface area contributed by atoms with Gasteiger partial charge < -0.3 is 10.1 Å². The van der Waals surface area contributed by atoms with Crippen LogP contribution in [-0.2, 0) is 20.5 Å². The number of carbonyl (C=O) groups excluding carboxylic acids is 2. The summed E-state index contributed by atoms with van der Waals surface area (Å²) in [4.78, 5) is 24.3. The van der Waals surface area contributed by atoms with Gasteiger partial charge in [0, 0.05) is 5.69 Å². The topological polar surface area (TPSA) is 55.4 Å². The molecule has 1 aromatic carbocycles. The van der Waals surface area contributed by atoms with Crippen molar-refractivity contribution in [3.05, 3.63) is 29.8 Å². The Morgan fingerprint density at radius 1 is 1.21 bits per heavy atom. The summed E-state index contributed by atoms with van der Waals surface area (Å²) >= 11 is 0. The van der Waals surface area contributed by atoms with E-state index in [0.29, 0.717) is 12.8 Å². The molecule has 1 aliphatic heterocycles. The van der Waals surface area contributed by atoms with Crippen LogP contribution in [0.1, 0.15) is 44.1 Å². The Hall–Kier alpha value is -2.05. The summed E-state index contributed by atoms with van der Waals surface area (Å²) in [5, 5.41) is 2.52. The highest BCUT2D eigenvalue weighted by molar-refractivity contribution is 5.97. The Bertz CT molecular complexity index is 651. The number of alkyl halides is 3. The Kier molecular flexibility index (Phi) is 4.27. The molecule has 0 radical (unpaired) electrons. The third kappa shape index (κ3) is 3.25. The lowest BCUT2D eigenvalue weighted by Crippen LogP contribution is -2.43. The number of halogens is 3. The SMILES string of the molecule is O=C1CC(C(=O)Nc2cccc(C(F)(F)F)c2)C2(CCCCC2)O1. The number of nitrogens with one attached hydrogen (secondary N) is 1. The Labute approximate surface area is 137 Å². The van der Waals surface area contributed by atoms with Gasteiger partial charge in [-0.15, -0.1) is 0 Å². The Morgan fingerprint density at radius 2 is 1.92 bits per heavy atom. The maximum absolute atomic E-state index is 12.8. The molecule has 1 unspecified atom stereocenters. The van der Waals surface area contributed by atoms with Crippen LogP contribution in [0.4, 0.5) is 18.9 Å². The van der Waals surface area contributed by atoms with Crippen molar-refractivity contribution >= 4 is 17.6 Å². The van der Waals surface area contributed by atoms with Gasteiger partial charge in [0.1, 0.15) is 5.60 Å². The minimum atomic E-state index is -4.47. The number of hydrogen-bond donors (Lipinski definition) is 1. The summed E-state index contributed by atoms with van der Waals surface area (Å²) in [6.45, 7) is 0. The molecule has 130 valence electrons. The second-order valence-corrected chi connectivity index (χ2v) is 6.42. The smallest absolute Gasteiger partial charge is 0.416 e. The molecule has 1 saturated heterocycles.